The molecule has 96 valence electrons. The summed E-state index contributed by atoms with van der Waals surface area (Å²) < 4.78 is 13.1. The number of hydrogen-bond acceptors (Lipinski definition) is 1. The van der Waals surface area contributed by atoms with E-state index < -0.39 is 0 Å². The molecule has 0 saturated carbocycles. The molecule has 1 unspecified atom stereocenters. The molecular formula is C14H21ClFN. The summed E-state index contributed by atoms with van der Waals surface area (Å²) in [5.41, 5.74) is 1.27. The Morgan fingerprint density at radius 1 is 1.35 bits per heavy atom. The standard InChI is InChI=1S/C14H21ClFN/c1-5-17-13(9-14(2,3)4)10-6-7-12(16)11(15)8-10/h6-8,13,17H,5,9H2,1-4H3. The van der Waals surface area contributed by atoms with E-state index in [0.29, 0.717) is 0 Å². The summed E-state index contributed by atoms with van der Waals surface area (Å²) in [6.07, 6.45) is 0.989. The Morgan fingerprint density at radius 2 is 2.00 bits per heavy atom. The molecule has 17 heavy (non-hydrogen) atoms. The lowest BCUT2D eigenvalue weighted by molar-refractivity contribution is 0.314. The first-order valence-electron chi connectivity index (χ1n) is 6.02. The van der Waals surface area contributed by atoms with Gasteiger partial charge in [-0.05, 0) is 36.1 Å². The molecule has 0 aliphatic heterocycles. The van der Waals surface area contributed by atoms with Gasteiger partial charge in [0, 0.05) is 6.04 Å². The van der Waals surface area contributed by atoms with E-state index in [2.05, 4.69) is 33.0 Å². The molecule has 0 bridgehead atoms. The molecule has 0 amide bonds. The van der Waals surface area contributed by atoms with E-state index in [1.165, 1.54) is 6.07 Å². The van der Waals surface area contributed by atoms with Crippen LogP contribution in [-0.2, 0) is 0 Å². The maximum Gasteiger partial charge on any atom is 0.141 e. The lowest BCUT2D eigenvalue weighted by atomic mass is 9.85. The molecule has 0 aliphatic carbocycles. The second-order valence-corrected chi connectivity index (χ2v) is 5.96. The molecule has 1 atom stereocenters. The zero-order valence-corrected chi connectivity index (χ0v) is 11.7. The Kier molecular flexibility index (Phi) is 4.96. The fourth-order valence-corrected chi connectivity index (χ4v) is 2.08. The first-order chi connectivity index (χ1) is 7.83. The van der Waals surface area contributed by atoms with Crippen molar-refractivity contribution in [3.05, 3.63) is 34.6 Å². The zero-order chi connectivity index (χ0) is 13.1. The zero-order valence-electron chi connectivity index (χ0n) is 11.0. The van der Waals surface area contributed by atoms with Crippen LogP contribution >= 0.6 is 11.6 Å². The molecule has 0 radical (unpaired) electrons. The number of hydrogen-bond donors (Lipinski definition) is 1. The van der Waals surface area contributed by atoms with Crippen LogP contribution in [0, 0.1) is 11.2 Å². The van der Waals surface area contributed by atoms with E-state index in [-0.39, 0.29) is 22.3 Å². The predicted molar refractivity (Wildman–Crippen MR) is 71.9 cm³/mol. The van der Waals surface area contributed by atoms with Gasteiger partial charge >= 0.3 is 0 Å². The Morgan fingerprint density at radius 3 is 2.47 bits per heavy atom. The van der Waals surface area contributed by atoms with Gasteiger partial charge in [0.1, 0.15) is 5.82 Å². The average Bonchev–Trinajstić information content (AvgIpc) is 2.19. The van der Waals surface area contributed by atoms with Crippen LogP contribution in [0.4, 0.5) is 4.39 Å². The van der Waals surface area contributed by atoms with E-state index in [1.54, 1.807) is 12.1 Å². The van der Waals surface area contributed by atoms with Crippen molar-refractivity contribution < 1.29 is 4.39 Å². The summed E-state index contributed by atoms with van der Waals surface area (Å²) in [6, 6.07) is 5.18. The molecule has 0 heterocycles. The van der Waals surface area contributed by atoms with Gasteiger partial charge in [-0.3, -0.25) is 0 Å². The molecule has 0 aromatic heterocycles. The normalized spacial score (nSPS) is 13.8. The quantitative estimate of drug-likeness (QED) is 0.833. The highest BCUT2D eigenvalue weighted by molar-refractivity contribution is 6.30. The molecule has 3 heteroatoms. The van der Waals surface area contributed by atoms with Crippen molar-refractivity contribution in [3.8, 4) is 0 Å². The highest BCUT2D eigenvalue weighted by atomic mass is 35.5. The fourth-order valence-electron chi connectivity index (χ4n) is 1.90. The Bertz CT molecular complexity index is 371. The monoisotopic (exact) mass is 257 g/mol. The SMILES string of the molecule is CCNC(CC(C)(C)C)c1ccc(F)c(Cl)c1. The molecule has 0 saturated heterocycles. The third kappa shape index (κ3) is 4.64. The average molecular weight is 258 g/mol. The van der Waals surface area contributed by atoms with E-state index in [1.807, 2.05) is 0 Å². The topological polar surface area (TPSA) is 12.0 Å². The fraction of sp³-hybridized carbons (Fsp3) is 0.571. The molecule has 1 N–H and O–H groups in total. The summed E-state index contributed by atoms with van der Waals surface area (Å²) in [6.45, 7) is 9.55. The van der Waals surface area contributed by atoms with E-state index in [4.69, 9.17) is 11.6 Å². The van der Waals surface area contributed by atoms with Gasteiger partial charge in [0.2, 0.25) is 0 Å². The minimum atomic E-state index is -0.360. The molecule has 1 aromatic rings. The second-order valence-electron chi connectivity index (χ2n) is 5.55. The molecule has 0 fully saturated rings. The summed E-state index contributed by atoms with van der Waals surface area (Å²) >= 11 is 5.83. The number of benzene rings is 1. The lowest BCUT2D eigenvalue weighted by Gasteiger charge is -2.27. The third-order valence-electron chi connectivity index (χ3n) is 2.61. The molecule has 1 nitrogen and oxygen atoms in total. The Hall–Kier alpha value is -0.600. The summed E-state index contributed by atoms with van der Waals surface area (Å²) in [5, 5.41) is 3.61. The van der Waals surface area contributed by atoms with Gasteiger partial charge in [-0.15, -0.1) is 0 Å². The first kappa shape index (κ1) is 14.5. The van der Waals surface area contributed by atoms with Crippen LogP contribution in [0.1, 0.15) is 45.7 Å². The molecule has 1 aromatic carbocycles. The van der Waals surface area contributed by atoms with Crippen LogP contribution in [0.15, 0.2) is 18.2 Å². The first-order valence-corrected chi connectivity index (χ1v) is 6.39. The van der Waals surface area contributed by atoms with Crippen molar-refractivity contribution in [2.24, 2.45) is 5.41 Å². The Labute approximate surface area is 108 Å². The van der Waals surface area contributed by atoms with Gasteiger partial charge < -0.3 is 5.32 Å². The van der Waals surface area contributed by atoms with E-state index in [9.17, 15) is 4.39 Å². The minimum Gasteiger partial charge on any atom is -0.310 e. The van der Waals surface area contributed by atoms with Gasteiger partial charge in [0.25, 0.3) is 0 Å². The van der Waals surface area contributed by atoms with Gasteiger partial charge in [-0.25, -0.2) is 4.39 Å². The van der Waals surface area contributed by atoms with Gasteiger partial charge in [0.15, 0.2) is 0 Å². The highest BCUT2D eigenvalue weighted by Crippen LogP contribution is 2.30. The van der Waals surface area contributed by atoms with Crippen LogP contribution in [0.25, 0.3) is 0 Å². The van der Waals surface area contributed by atoms with Gasteiger partial charge in [-0.1, -0.05) is 45.4 Å². The second kappa shape index (κ2) is 5.83. The van der Waals surface area contributed by atoms with Crippen LogP contribution in [0.2, 0.25) is 5.02 Å². The molecular weight excluding hydrogens is 237 g/mol. The predicted octanol–water partition coefficient (Wildman–Crippen LogP) is 4.57. The summed E-state index contributed by atoms with van der Waals surface area (Å²) in [5.74, 6) is -0.360. The third-order valence-corrected chi connectivity index (χ3v) is 2.90. The van der Waals surface area contributed by atoms with Gasteiger partial charge in [-0.2, -0.15) is 0 Å². The number of halogens is 2. The summed E-state index contributed by atoms with van der Waals surface area (Å²) in [7, 11) is 0. The lowest BCUT2D eigenvalue weighted by Crippen LogP contribution is -2.25. The highest BCUT2D eigenvalue weighted by Gasteiger charge is 2.20. The van der Waals surface area contributed by atoms with Crippen LogP contribution < -0.4 is 5.32 Å². The van der Waals surface area contributed by atoms with Crippen molar-refractivity contribution in [1.29, 1.82) is 0 Å². The molecule has 0 spiro atoms. The van der Waals surface area contributed by atoms with Crippen molar-refractivity contribution in [1.82, 2.24) is 5.32 Å². The van der Waals surface area contributed by atoms with Crippen molar-refractivity contribution in [2.45, 2.75) is 40.2 Å². The van der Waals surface area contributed by atoms with Crippen LogP contribution in [-0.4, -0.2) is 6.54 Å². The maximum atomic E-state index is 13.1. The number of nitrogens with one attached hydrogen (secondary N) is 1. The maximum absolute atomic E-state index is 13.1. The van der Waals surface area contributed by atoms with E-state index in [0.717, 1.165) is 18.5 Å². The largest absolute Gasteiger partial charge is 0.310 e. The van der Waals surface area contributed by atoms with Crippen molar-refractivity contribution in [3.63, 3.8) is 0 Å². The van der Waals surface area contributed by atoms with Crippen molar-refractivity contribution in [2.75, 3.05) is 6.54 Å². The summed E-state index contributed by atoms with van der Waals surface area (Å²) in [4.78, 5) is 0. The van der Waals surface area contributed by atoms with Gasteiger partial charge in [0.05, 0.1) is 5.02 Å². The Balaban J connectivity index is 2.93. The van der Waals surface area contributed by atoms with E-state index >= 15 is 0 Å². The van der Waals surface area contributed by atoms with Crippen LogP contribution in [0.3, 0.4) is 0 Å². The molecule has 0 aliphatic rings. The smallest absolute Gasteiger partial charge is 0.141 e. The number of rotatable bonds is 4. The molecule has 1 rings (SSSR count). The van der Waals surface area contributed by atoms with Crippen LogP contribution in [0.5, 0.6) is 0 Å². The minimum absolute atomic E-state index is 0.194. The van der Waals surface area contributed by atoms with Crippen molar-refractivity contribution >= 4 is 11.6 Å².